The summed E-state index contributed by atoms with van der Waals surface area (Å²) in [5.74, 6) is -1.26. The lowest BCUT2D eigenvalue weighted by molar-refractivity contribution is -0.389. The normalized spacial score (nSPS) is 11.0. The number of rotatable bonds is 4. The molecule has 0 radical (unpaired) electrons. The molecule has 92 valence electrons. The SMILES string of the molecule is CN(c1ccc([N+](=O)[O-])nc1)C(C)(C)C(=O)O. The number of anilines is 1. The van der Waals surface area contributed by atoms with Crippen LogP contribution in [0.5, 0.6) is 0 Å². The molecule has 0 saturated heterocycles. The Morgan fingerprint density at radius 3 is 2.47 bits per heavy atom. The van der Waals surface area contributed by atoms with E-state index in [0.29, 0.717) is 5.69 Å². The van der Waals surface area contributed by atoms with Gasteiger partial charge in [0, 0.05) is 13.1 Å². The minimum Gasteiger partial charge on any atom is -0.480 e. The third kappa shape index (κ3) is 2.49. The molecular weight excluding hydrogens is 226 g/mol. The van der Waals surface area contributed by atoms with Crippen LogP contribution in [0.3, 0.4) is 0 Å². The van der Waals surface area contributed by atoms with Crippen molar-refractivity contribution >= 4 is 17.5 Å². The molecule has 0 spiro atoms. The molecule has 0 amide bonds. The van der Waals surface area contributed by atoms with Gasteiger partial charge in [0.05, 0.1) is 5.69 Å². The van der Waals surface area contributed by atoms with E-state index in [9.17, 15) is 14.9 Å². The van der Waals surface area contributed by atoms with Crippen molar-refractivity contribution in [1.82, 2.24) is 4.98 Å². The summed E-state index contributed by atoms with van der Waals surface area (Å²) in [5.41, 5.74) is -0.611. The quantitative estimate of drug-likeness (QED) is 0.628. The highest BCUT2D eigenvalue weighted by Crippen LogP contribution is 2.22. The van der Waals surface area contributed by atoms with E-state index in [1.807, 2.05) is 0 Å². The average Bonchev–Trinajstić information content (AvgIpc) is 2.27. The first-order valence-corrected chi connectivity index (χ1v) is 4.84. The van der Waals surface area contributed by atoms with Crippen LogP contribution in [0.4, 0.5) is 11.5 Å². The van der Waals surface area contributed by atoms with Crippen molar-refractivity contribution in [2.45, 2.75) is 19.4 Å². The number of hydrogen-bond donors (Lipinski definition) is 1. The Morgan fingerprint density at radius 2 is 2.12 bits per heavy atom. The van der Waals surface area contributed by atoms with Crippen LogP contribution in [0.25, 0.3) is 0 Å². The first kappa shape index (κ1) is 12.9. The topological polar surface area (TPSA) is 96.6 Å². The summed E-state index contributed by atoms with van der Waals surface area (Å²) in [6.45, 7) is 3.08. The number of nitrogens with zero attached hydrogens (tertiary/aromatic N) is 3. The maximum absolute atomic E-state index is 11.0. The number of pyridine rings is 1. The highest BCUT2D eigenvalue weighted by atomic mass is 16.6. The predicted octanol–water partition coefficient (Wildman–Crippen LogP) is 1.29. The summed E-state index contributed by atoms with van der Waals surface area (Å²) in [6.07, 6.45) is 1.28. The van der Waals surface area contributed by atoms with Crippen LogP contribution >= 0.6 is 0 Å². The van der Waals surface area contributed by atoms with Crippen LogP contribution < -0.4 is 4.90 Å². The van der Waals surface area contributed by atoms with Gasteiger partial charge in [-0.3, -0.25) is 0 Å². The Balaban J connectivity index is 3.02. The van der Waals surface area contributed by atoms with E-state index < -0.39 is 16.4 Å². The second kappa shape index (κ2) is 4.36. The molecule has 0 aliphatic carbocycles. The van der Waals surface area contributed by atoms with Gasteiger partial charge in [0.15, 0.2) is 6.20 Å². The summed E-state index contributed by atoms with van der Waals surface area (Å²) in [5, 5.41) is 19.5. The second-order valence-electron chi connectivity index (χ2n) is 4.05. The Bertz CT molecular complexity index is 441. The molecule has 17 heavy (non-hydrogen) atoms. The maximum atomic E-state index is 11.0. The molecule has 1 N–H and O–H groups in total. The molecule has 1 heterocycles. The summed E-state index contributed by atoms with van der Waals surface area (Å²) in [4.78, 5) is 26.0. The lowest BCUT2D eigenvalue weighted by Crippen LogP contribution is -2.48. The van der Waals surface area contributed by atoms with Gasteiger partial charge in [0.25, 0.3) is 0 Å². The van der Waals surface area contributed by atoms with Crippen molar-refractivity contribution in [1.29, 1.82) is 0 Å². The van der Waals surface area contributed by atoms with Gasteiger partial charge in [0.2, 0.25) is 0 Å². The first-order valence-electron chi connectivity index (χ1n) is 4.84. The van der Waals surface area contributed by atoms with Crippen LogP contribution in [0.1, 0.15) is 13.8 Å². The molecule has 1 rings (SSSR count). The van der Waals surface area contributed by atoms with E-state index >= 15 is 0 Å². The zero-order valence-electron chi connectivity index (χ0n) is 9.75. The predicted molar refractivity (Wildman–Crippen MR) is 61.0 cm³/mol. The number of nitro groups is 1. The van der Waals surface area contributed by atoms with Crippen molar-refractivity contribution in [3.63, 3.8) is 0 Å². The van der Waals surface area contributed by atoms with Crippen molar-refractivity contribution in [2.24, 2.45) is 0 Å². The molecule has 0 aliphatic rings. The highest BCUT2D eigenvalue weighted by molar-refractivity contribution is 5.82. The van der Waals surface area contributed by atoms with Gasteiger partial charge in [-0.25, -0.2) is 4.79 Å². The molecule has 0 bridgehead atoms. The van der Waals surface area contributed by atoms with E-state index in [1.54, 1.807) is 7.05 Å². The Morgan fingerprint density at radius 1 is 1.53 bits per heavy atom. The number of carboxylic acid groups (broad SMARTS) is 1. The summed E-state index contributed by atoms with van der Waals surface area (Å²) in [6, 6.07) is 2.71. The molecule has 0 saturated carbocycles. The lowest BCUT2D eigenvalue weighted by Gasteiger charge is -2.32. The Labute approximate surface area is 97.8 Å². The average molecular weight is 239 g/mol. The molecule has 7 heteroatoms. The molecule has 0 aliphatic heterocycles. The summed E-state index contributed by atoms with van der Waals surface area (Å²) in [7, 11) is 1.59. The monoisotopic (exact) mass is 239 g/mol. The van der Waals surface area contributed by atoms with Gasteiger partial charge < -0.3 is 20.1 Å². The standard InChI is InChI=1S/C10H13N3O4/c1-10(2,9(14)15)12(3)7-4-5-8(11-6-7)13(16)17/h4-6H,1-3H3,(H,14,15). The number of carbonyl (C=O) groups is 1. The fraction of sp³-hybridized carbons (Fsp3) is 0.400. The zero-order valence-corrected chi connectivity index (χ0v) is 9.75. The fourth-order valence-electron chi connectivity index (χ4n) is 1.15. The molecule has 0 unspecified atom stereocenters. The molecule has 1 aromatic rings. The summed E-state index contributed by atoms with van der Waals surface area (Å²) >= 11 is 0. The van der Waals surface area contributed by atoms with Crippen LogP contribution in [0, 0.1) is 10.1 Å². The van der Waals surface area contributed by atoms with Crippen LogP contribution in [-0.2, 0) is 4.79 Å². The summed E-state index contributed by atoms with van der Waals surface area (Å²) < 4.78 is 0. The first-order chi connectivity index (χ1) is 7.76. The molecule has 7 nitrogen and oxygen atoms in total. The van der Waals surface area contributed by atoms with Crippen molar-refractivity contribution in [2.75, 3.05) is 11.9 Å². The molecular formula is C10H13N3O4. The number of aliphatic carboxylic acids is 1. The van der Waals surface area contributed by atoms with Crippen LogP contribution in [0.15, 0.2) is 18.3 Å². The number of likely N-dealkylation sites (N-methyl/N-ethyl adjacent to an activating group) is 1. The minimum atomic E-state index is -1.11. The minimum absolute atomic E-state index is 0.268. The van der Waals surface area contributed by atoms with Gasteiger partial charge in [-0.05, 0) is 29.8 Å². The van der Waals surface area contributed by atoms with Crippen molar-refractivity contribution in [3.05, 3.63) is 28.4 Å². The van der Waals surface area contributed by atoms with Gasteiger partial charge >= 0.3 is 11.8 Å². The highest BCUT2D eigenvalue weighted by Gasteiger charge is 2.32. The molecule has 0 aromatic carbocycles. The molecule has 1 aromatic heterocycles. The van der Waals surface area contributed by atoms with Gasteiger partial charge in [0.1, 0.15) is 5.54 Å². The van der Waals surface area contributed by atoms with E-state index in [1.165, 1.54) is 37.1 Å². The third-order valence-corrected chi connectivity index (χ3v) is 2.67. The van der Waals surface area contributed by atoms with Gasteiger partial charge in [-0.15, -0.1) is 0 Å². The van der Waals surface area contributed by atoms with Crippen LogP contribution in [-0.4, -0.2) is 33.6 Å². The fourth-order valence-corrected chi connectivity index (χ4v) is 1.15. The lowest BCUT2D eigenvalue weighted by atomic mass is 10.0. The second-order valence-corrected chi connectivity index (χ2v) is 4.05. The van der Waals surface area contributed by atoms with E-state index in [4.69, 9.17) is 5.11 Å². The molecule has 0 atom stereocenters. The third-order valence-electron chi connectivity index (χ3n) is 2.67. The van der Waals surface area contributed by atoms with E-state index in [0.717, 1.165) is 0 Å². The number of aromatic nitrogens is 1. The number of carboxylic acids is 1. The number of hydrogen-bond acceptors (Lipinski definition) is 5. The van der Waals surface area contributed by atoms with Crippen molar-refractivity contribution < 1.29 is 14.8 Å². The van der Waals surface area contributed by atoms with E-state index in [-0.39, 0.29) is 5.82 Å². The van der Waals surface area contributed by atoms with Gasteiger partial charge in [-0.2, -0.15) is 0 Å². The maximum Gasteiger partial charge on any atom is 0.363 e. The zero-order chi connectivity index (χ0) is 13.2. The van der Waals surface area contributed by atoms with Crippen molar-refractivity contribution in [3.8, 4) is 0 Å². The largest absolute Gasteiger partial charge is 0.480 e. The smallest absolute Gasteiger partial charge is 0.363 e. The molecule has 0 fully saturated rings. The van der Waals surface area contributed by atoms with E-state index in [2.05, 4.69) is 4.98 Å². The Hall–Kier alpha value is -2.18. The Kier molecular flexibility index (Phi) is 3.31. The van der Waals surface area contributed by atoms with Crippen LogP contribution in [0.2, 0.25) is 0 Å². The van der Waals surface area contributed by atoms with Gasteiger partial charge in [-0.1, -0.05) is 0 Å².